The van der Waals surface area contributed by atoms with E-state index in [-0.39, 0.29) is 11.4 Å². The summed E-state index contributed by atoms with van der Waals surface area (Å²) < 4.78 is 0. The van der Waals surface area contributed by atoms with Gasteiger partial charge in [-0.05, 0) is 32.8 Å². The Labute approximate surface area is 91.4 Å². The molecule has 1 aliphatic rings. The molecule has 0 spiro atoms. The lowest BCUT2D eigenvalue weighted by atomic mass is 9.95. The SMILES string of the molecule is CCCCN1C(=O)C(C#N)=C(C)C1(C)C. The van der Waals surface area contributed by atoms with E-state index in [0.29, 0.717) is 5.57 Å². The topological polar surface area (TPSA) is 44.1 Å². The number of hydrogen-bond acceptors (Lipinski definition) is 2. The summed E-state index contributed by atoms with van der Waals surface area (Å²) in [6.45, 7) is 8.72. The second-order valence-corrected chi connectivity index (χ2v) is 4.48. The monoisotopic (exact) mass is 206 g/mol. The van der Waals surface area contributed by atoms with E-state index in [0.717, 1.165) is 25.0 Å². The Bertz CT molecular complexity index is 347. The number of hydrogen-bond donors (Lipinski definition) is 0. The van der Waals surface area contributed by atoms with E-state index in [4.69, 9.17) is 5.26 Å². The van der Waals surface area contributed by atoms with Gasteiger partial charge in [0.15, 0.2) is 0 Å². The van der Waals surface area contributed by atoms with Crippen LogP contribution in [-0.2, 0) is 4.79 Å². The zero-order valence-electron chi connectivity index (χ0n) is 9.92. The van der Waals surface area contributed by atoms with Crippen LogP contribution in [0.3, 0.4) is 0 Å². The van der Waals surface area contributed by atoms with Crippen molar-refractivity contribution in [1.82, 2.24) is 4.90 Å². The summed E-state index contributed by atoms with van der Waals surface area (Å²) >= 11 is 0. The fourth-order valence-electron chi connectivity index (χ4n) is 1.89. The average molecular weight is 206 g/mol. The molecule has 82 valence electrons. The highest BCUT2D eigenvalue weighted by atomic mass is 16.2. The Morgan fingerprint density at radius 3 is 2.47 bits per heavy atom. The van der Waals surface area contributed by atoms with Crippen molar-refractivity contribution in [3.63, 3.8) is 0 Å². The van der Waals surface area contributed by atoms with E-state index in [2.05, 4.69) is 6.92 Å². The Morgan fingerprint density at radius 1 is 1.47 bits per heavy atom. The van der Waals surface area contributed by atoms with E-state index >= 15 is 0 Å². The highest BCUT2D eigenvalue weighted by molar-refractivity contribution is 6.01. The maximum atomic E-state index is 11.9. The molecule has 0 saturated heterocycles. The van der Waals surface area contributed by atoms with Gasteiger partial charge in [-0.25, -0.2) is 0 Å². The van der Waals surface area contributed by atoms with E-state index in [1.54, 1.807) is 0 Å². The number of rotatable bonds is 3. The van der Waals surface area contributed by atoms with E-state index < -0.39 is 0 Å². The van der Waals surface area contributed by atoms with Crippen LogP contribution < -0.4 is 0 Å². The van der Waals surface area contributed by atoms with Crippen LogP contribution in [0.25, 0.3) is 0 Å². The van der Waals surface area contributed by atoms with Crippen LogP contribution in [-0.4, -0.2) is 22.9 Å². The molecule has 0 atom stereocenters. The summed E-state index contributed by atoms with van der Waals surface area (Å²) in [7, 11) is 0. The van der Waals surface area contributed by atoms with Crippen molar-refractivity contribution >= 4 is 5.91 Å². The van der Waals surface area contributed by atoms with Crippen molar-refractivity contribution in [2.45, 2.75) is 46.1 Å². The molecule has 15 heavy (non-hydrogen) atoms. The highest BCUT2D eigenvalue weighted by Crippen LogP contribution is 2.34. The van der Waals surface area contributed by atoms with Crippen molar-refractivity contribution in [3.8, 4) is 6.07 Å². The summed E-state index contributed by atoms with van der Waals surface area (Å²) in [5.74, 6) is -0.103. The van der Waals surface area contributed by atoms with Crippen molar-refractivity contribution in [2.24, 2.45) is 0 Å². The molecule has 1 amide bonds. The van der Waals surface area contributed by atoms with E-state index in [1.165, 1.54) is 0 Å². The van der Waals surface area contributed by atoms with E-state index in [1.807, 2.05) is 31.7 Å². The first-order valence-corrected chi connectivity index (χ1v) is 5.40. The van der Waals surface area contributed by atoms with Crippen molar-refractivity contribution in [1.29, 1.82) is 5.26 Å². The number of carbonyl (C=O) groups is 1. The second-order valence-electron chi connectivity index (χ2n) is 4.48. The Morgan fingerprint density at radius 2 is 2.07 bits per heavy atom. The van der Waals surface area contributed by atoms with Crippen LogP contribution in [0.15, 0.2) is 11.1 Å². The van der Waals surface area contributed by atoms with Crippen LogP contribution in [0.5, 0.6) is 0 Å². The molecule has 0 fully saturated rings. The van der Waals surface area contributed by atoms with Crippen LogP contribution in [0, 0.1) is 11.3 Å². The van der Waals surface area contributed by atoms with Crippen LogP contribution >= 0.6 is 0 Å². The third-order valence-electron chi connectivity index (χ3n) is 3.27. The number of amides is 1. The molecular weight excluding hydrogens is 188 g/mol. The standard InChI is InChI=1S/C12H18N2O/c1-5-6-7-14-11(15)10(8-13)9(2)12(14,3)4/h5-7H2,1-4H3. The third kappa shape index (κ3) is 1.77. The van der Waals surface area contributed by atoms with Crippen molar-refractivity contribution in [3.05, 3.63) is 11.1 Å². The molecule has 3 heteroatoms. The van der Waals surface area contributed by atoms with Gasteiger partial charge in [0.25, 0.3) is 5.91 Å². The summed E-state index contributed by atoms with van der Waals surface area (Å²) in [6, 6.07) is 2.01. The lowest BCUT2D eigenvalue weighted by Crippen LogP contribution is -2.43. The quantitative estimate of drug-likeness (QED) is 0.710. The first-order chi connectivity index (χ1) is 6.96. The fourth-order valence-corrected chi connectivity index (χ4v) is 1.89. The van der Waals surface area contributed by atoms with E-state index in [9.17, 15) is 4.79 Å². The summed E-state index contributed by atoms with van der Waals surface area (Å²) in [5.41, 5.74) is 0.930. The third-order valence-corrected chi connectivity index (χ3v) is 3.27. The van der Waals surface area contributed by atoms with Crippen LogP contribution in [0.4, 0.5) is 0 Å². The molecule has 1 aliphatic heterocycles. The highest BCUT2D eigenvalue weighted by Gasteiger charge is 2.42. The molecule has 0 unspecified atom stereocenters. The normalized spacial score (nSPS) is 19.7. The number of unbranched alkanes of at least 4 members (excludes halogenated alkanes) is 1. The van der Waals surface area contributed by atoms with Gasteiger partial charge in [-0.15, -0.1) is 0 Å². The maximum absolute atomic E-state index is 11.9. The predicted octanol–water partition coefficient (Wildman–Crippen LogP) is 2.25. The number of nitriles is 1. The van der Waals surface area contributed by atoms with Gasteiger partial charge in [-0.3, -0.25) is 4.79 Å². The Kier molecular flexibility index (Phi) is 3.18. The molecule has 0 radical (unpaired) electrons. The van der Waals surface area contributed by atoms with Crippen molar-refractivity contribution in [2.75, 3.05) is 6.54 Å². The largest absolute Gasteiger partial charge is 0.329 e. The minimum Gasteiger partial charge on any atom is -0.329 e. The Hall–Kier alpha value is -1.30. The lowest BCUT2D eigenvalue weighted by molar-refractivity contribution is -0.128. The summed E-state index contributed by atoms with van der Waals surface area (Å²) in [4.78, 5) is 13.7. The molecule has 0 aromatic carbocycles. The summed E-state index contributed by atoms with van der Waals surface area (Å²) in [5, 5.41) is 8.93. The number of carbonyl (C=O) groups excluding carboxylic acids is 1. The van der Waals surface area contributed by atoms with Gasteiger partial charge in [-0.1, -0.05) is 13.3 Å². The zero-order valence-corrected chi connectivity index (χ0v) is 9.92. The zero-order chi connectivity index (χ0) is 11.6. The molecule has 0 N–H and O–H groups in total. The molecule has 0 aliphatic carbocycles. The molecule has 3 nitrogen and oxygen atoms in total. The van der Waals surface area contributed by atoms with Gasteiger partial charge in [0.1, 0.15) is 11.6 Å². The molecular formula is C12H18N2O. The minimum atomic E-state index is -0.294. The van der Waals surface area contributed by atoms with Crippen LogP contribution in [0.2, 0.25) is 0 Å². The molecule has 0 bridgehead atoms. The average Bonchev–Trinajstić information content (AvgIpc) is 2.33. The van der Waals surface area contributed by atoms with Gasteiger partial charge in [0.2, 0.25) is 0 Å². The maximum Gasteiger partial charge on any atom is 0.265 e. The van der Waals surface area contributed by atoms with Gasteiger partial charge in [-0.2, -0.15) is 5.26 Å². The first kappa shape index (κ1) is 11.8. The van der Waals surface area contributed by atoms with Gasteiger partial charge in [0.05, 0.1) is 5.54 Å². The lowest BCUT2D eigenvalue weighted by Gasteiger charge is -2.33. The minimum absolute atomic E-state index is 0.103. The smallest absolute Gasteiger partial charge is 0.265 e. The van der Waals surface area contributed by atoms with Gasteiger partial charge in [0, 0.05) is 6.54 Å². The van der Waals surface area contributed by atoms with Crippen LogP contribution in [0.1, 0.15) is 40.5 Å². The van der Waals surface area contributed by atoms with Gasteiger partial charge >= 0.3 is 0 Å². The molecule has 1 heterocycles. The number of nitrogens with zero attached hydrogens (tertiary/aromatic N) is 2. The molecule has 0 saturated carbocycles. The summed E-state index contributed by atoms with van der Waals surface area (Å²) in [6.07, 6.45) is 2.04. The first-order valence-electron chi connectivity index (χ1n) is 5.40. The Balaban J connectivity index is 2.98. The predicted molar refractivity (Wildman–Crippen MR) is 59.0 cm³/mol. The second kappa shape index (κ2) is 4.06. The molecule has 0 aromatic rings. The fraction of sp³-hybridized carbons (Fsp3) is 0.667. The van der Waals surface area contributed by atoms with Gasteiger partial charge < -0.3 is 4.90 Å². The molecule has 0 aromatic heterocycles. The molecule has 1 rings (SSSR count). The van der Waals surface area contributed by atoms with Crippen molar-refractivity contribution < 1.29 is 4.79 Å².